The van der Waals surface area contributed by atoms with Crippen LogP contribution < -0.4 is 11.1 Å². The summed E-state index contributed by atoms with van der Waals surface area (Å²) in [5.41, 5.74) is 6.05. The Kier molecular flexibility index (Phi) is 4.17. The Morgan fingerprint density at radius 2 is 2.40 bits per heavy atom. The minimum atomic E-state index is -0.137. The molecule has 0 radical (unpaired) electrons. The molecule has 4 nitrogen and oxygen atoms in total. The molecule has 3 N–H and O–H groups in total. The molecule has 5 heteroatoms. The summed E-state index contributed by atoms with van der Waals surface area (Å²) < 4.78 is 1.70. The van der Waals surface area contributed by atoms with E-state index in [4.69, 9.17) is 17.3 Å². The SMILES string of the molecule is CCC(CN)NC(=O)c1cc(Cl)cn1C. The highest BCUT2D eigenvalue weighted by atomic mass is 35.5. The summed E-state index contributed by atoms with van der Waals surface area (Å²) >= 11 is 5.79. The van der Waals surface area contributed by atoms with Crippen molar-refractivity contribution in [2.24, 2.45) is 12.8 Å². The molecule has 0 saturated heterocycles. The Hall–Kier alpha value is -1.00. The van der Waals surface area contributed by atoms with Crippen LogP contribution in [0.5, 0.6) is 0 Å². The first-order valence-corrected chi connectivity index (χ1v) is 5.29. The number of aryl methyl sites for hydroxylation is 1. The Morgan fingerprint density at radius 1 is 1.73 bits per heavy atom. The summed E-state index contributed by atoms with van der Waals surface area (Å²) in [6.07, 6.45) is 2.51. The van der Waals surface area contributed by atoms with Crippen LogP contribution in [-0.2, 0) is 7.05 Å². The maximum absolute atomic E-state index is 11.8. The number of carbonyl (C=O) groups is 1. The Morgan fingerprint density at radius 3 is 2.80 bits per heavy atom. The van der Waals surface area contributed by atoms with Crippen LogP contribution in [0.2, 0.25) is 5.02 Å². The molecule has 15 heavy (non-hydrogen) atoms. The Labute approximate surface area is 94.4 Å². The van der Waals surface area contributed by atoms with E-state index in [9.17, 15) is 4.79 Å². The van der Waals surface area contributed by atoms with E-state index >= 15 is 0 Å². The zero-order valence-corrected chi connectivity index (χ0v) is 9.71. The highest BCUT2D eigenvalue weighted by Gasteiger charge is 2.14. The molecule has 0 aliphatic rings. The molecule has 1 aromatic heterocycles. The average Bonchev–Trinajstić information content (AvgIpc) is 2.54. The van der Waals surface area contributed by atoms with Crippen molar-refractivity contribution in [3.63, 3.8) is 0 Å². The van der Waals surface area contributed by atoms with Gasteiger partial charge in [0.25, 0.3) is 5.91 Å². The predicted octanol–water partition coefficient (Wildman–Crippen LogP) is 1.15. The van der Waals surface area contributed by atoms with Gasteiger partial charge in [-0.1, -0.05) is 18.5 Å². The first-order chi connectivity index (χ1) is 7.08. The van der Waals surface area contributed by atoms with Crippen molar-refractivity contribution in [3.05, 3.63) is 23.0 Å². The van der Waals surface area contributed by atoms with Crippen molar-refractivity contribution in [2.75, 3.05) is 6.54 Å². The highest BCUT2D eigenvalue weighted by Crippen LogP contribution is 2.12. The maximum atomic E-state index is 11.8. The standard InChI is InChI=1S/C10H16ClN3O/c1-3-8(5-12)13-10(15)9-4-7(11)6-14(9)2/h4,6,8H,3,5,12H2,1-2H3,(H,13,15). The van der Waals surface area contributed by atoms with E-state index in [1.54, 1.807) is 23.9 Å². The second-order valence-electron chi connectivity index (χ2n) is 3.47. The average molecular weight is 230 g/mol. The number of amides is 1. The van der Waals surface area contributed by atoms with Gasteiger partial charge in [-0.3, -0.25) is 4.79 Å². The predicted molar refractivity (Wildman–Crippen MR) is 61.0 cm³/mol. The number of carbonyl (C=O) groups excluding carboxylic acids is 1. The van der Waals surface area contributed by atoms with Crippen LogP contribution in [0.3, 0.4) is 0 Å². The number of nitrogens with two attached hydrogens (primary N) is 1. The first-order valence-electron chi connectivity index (χ1n) is 4.91. The van der Waals surface area contributed by atoms with E-state index in [1.807, 2.05) is 6.92 Å². The Bertz CT molecular complexity index is 344. The van der Waals surface area contributed by atoms with E-state index in [0.29, 0.717) is 17.3 Å². The van der Waals surface area contributed by atoms with Gasteiger partial charge in [-0.05, 0) is 12.5 Å². The molecule has 0 aliphatic carbocycles. The molecule has 1 unspecified atom stereocenters. The number of hydrogen-bond acceptors (Lipinski definition) is 2. The second-order valence-corrected chi connectivity index (χ2v) is 3.91. The molecule has 0 spiro atoms. The summed E-state index contributed by atoms with van der Waals surface area (Å²) in [4.78, 5) is 11.8. The third-order valence-corrected chi connectivity index (χ3v) is 2.52. The van der Waals surface area contributed by atoms with Gasteiger partial charge in [-0.2, -0.15) is 0 Å². The van der Waals surface area contributed by atoms with Crippen LogP contribution in [-0.4, -0.2) is 23.1 Å². The molecular weight excluding hydrogens is 214 g/mol. The van der Waals surface area contributed by atoms with E-state index in [2.05, 4.69) is 5.32 Å². The van der Waals surface area contributed by atoms with Gasteiger partial charge >= 0.3 is 0 Å². The van der Waals surface area contributed by atoms with Crippen LogP contribution >= 0.6 is 11.6 Å². The highest BCUT2D eigenvalue weighted by molar-refractivity contribution is 6.31. The molecule has 0 saturated carbocycles. The van der Waals surface area contributed by atoms with Crippen LogP contribution in [0.1, 0.15) is 23.8 Å². The van der Waals surface area contributed by atoms with Crippen molar-refractivity contribution in [2.45, 2.75) is 19.4 Å². The van der Waals surface area contributed by atoms with Crippen LogP contribution in [0, 0.1) is 0 Å². The third kappa shape index (κ3) is 2.97. The van der Waals surface area contributed by atoms with E-state index < -0.39 is 0 Å². The normalized spacial score (nSPS) is 12.5. The van der Waals surface area contributed by atoms with E-state index in [0.717, 1.165) is 6.42 Å². The van der Waals surface area contributed by atoms with Gasteiger partial charge in [-0.25, -0.2) is 0 Å². The zero-order chi connectivity index (χ0) is 11.4. The summed E-state index contributed by atoms with van der Waals surface area (Å²) in [7, 11) is 1.78. The summed E-state index contributed by atoms with van der Waals surface area (Å²) in [5.74, 6) is -0.137. The zero-order valence-electron chi connectivity index (χ0n) is 8.96. The lowest BCUT2D eigenvalue weighted by atomic mass is 10.2. The fraction of sp³-hybridized carbons (Fsp3) is 0.500. The monoisotopic (exact) mass is 229 g/mol. The lowest BCUT2D eigenvalue weighted by molar-refractivity contribution is 0.0929. The molecule has 0 aliphatic heterocycles. The number of nitrogens with zero attached hydrogens (tertiary/aromatic N) is 1. The lowest BCUT2D eigenvalue weighted by Crippen LogP contribution is -2.40. The largest absolute Gasteiger partial charge is 0.347 e. The number of nitrogens with one attached hydrogen (secondary N) is 1. The van der Waals surface area contributed by atoms with Crippen molar-refractivity contribution in [3.8, 4) is 0 Å². The molecule has 0 fully saturated rings. The second kappa shape index (κ2) is 5.19. The number of aromatic nitrogens is 1. The number of hydrogen-bond donors (Lipinski definition) is 2. The minimum absolute atomic E-state index is 0.0196. The van der Waals surface area contributed by atoms with Gasteiger partial charge in [0.15, 0.2) is 0 Å². The summed E-state index contributed by atoms with van der Waals surface area (Å²) in [5, 5.41) is 3.40. The molecular formula is C10H16ClN3O. The number of rotatable bonds is 4. The maximum Gasteiger partial charge on any atom is 0.268 e. The van der Waals surface area contributed by atoms with Crippen molar-refractivity contribution in [1.29, 1.82) is 0 Å². The summed E-state index contributed by atoms with van der Waals surface area (Å²) in [6.45, 7) is 2.43. The molecule has 1 amide bonds. The van der Waals surface area contributed by atoms with Gasteiger partial charge < -0.3 is 15.6 Å². The lowest BCUT2D eigenvalue weighted by Gasteiger charge is -2.14. The molecule has 0 aromatic carbocycles. The van der Waals surface area contributed by atoms with Gasteiger partial charge in [0.2, 0.25) is 0 Å². The van der Waals surface area contributed by atoms with E-state index in [-0.39, 0.29) is 11.9 Å². The van der Waals surface area contributed by atoms with Gasteiger partial charge in [-0.15, -0.1) is 0 Å². The van der Waals surface area contributed by atoms with Gasteiger partial charge in [0, 0.05) is 25.8 Å². The van der Waals surface area contributed by atoms with Gasteiger partial charge in [0.05, 0.1) is 5.02 Å². The van der Waals surface area contributed by atoms with Gasteiger partial charge in [0.1, 0.15) is 5.69 Å². The quantitative estimate of drug-likeness (QED) is 0.814. The number of halogens is 1. The molecule has 1 aromatic rings. The molecule has 1 rings (SSSR count). The first kappa shape index (κ1) is 12.1. The molecule has 84 valence electrons. The van der Waals surface area contributed by atoms with E-state index in [1.165, 1.54) is 0 Å². The minimum Gasteiger partial charge on any atom is -0.347 e. The fourth-order valence-corrected chi connectivity index (χ4v) is 1.59. The molecule has 0 bridgehead atoms. The third-order valence-electron chi connectivity index (χ3n) is 2.32. The Balaban J connectivity index is 2.72. The fourth-order valence-electron chi connectivity index (χ4n) is 1.34. The topological polar surface area (TPSA) is 60.0 Å². The van der Waals surface area contributed by atoms with Crippen LogP contribution in [0.15, 0.2) is 12.3 Å². The van der Waals surface area contributed by atoms with Crippen molar-refractivity contribution in [1.82, 2.24) is 9.88 Å². The van der Waals surface area contributed by atoms with Crippen molar-refractivity contribution < 1.29 is 4.79 Å². The smallest absolute Gasteiger partial charge is 0.268 e. The molecule has 1 atom stereocenters. The van der Waals surface area contributed by atoms with Crippen LogP contribution in [0.25, 0.3) is 0 Å². The summed E-state index contributed by atoms with van der Waals surface area (Å²) in [6, 6.07) is 1.66. The van der Waals surface area contributed by atoms with Crippen molar-refractivity contribution >= 4 is 17.5 Å². The van der Waals surface area contributed by atoms with Crippen LogP contribution in [0.4, 0.5) is 0 Å². The molecule has 1 heterocycles.